The van der Waals surface area contributed by atoms with Gasteiger partial charge in [0.05, 0.1) is 30.8 Å². The number of ether oxygens (including phenoxy) is 2. The lowest BCUT2D eigenvalue weighted by atomic mass is 10.3. The lowest BCUT2D eigenvalue weighted by molar-refractivity contribution is 0.185. The minimum absolute atomic E-state index is 0.192. The van der Waals surface area contributed by atoms with Gasteiger partial charge in [-0.2, -0.15) is 4.68 Å². The van der Waals surface area contributed by atoms with Crippen LogP contribution in [-0.2, 0) is 16.0 Å². The van der Waals surface area contributed by atoms with E-state index in [0.29, 0.717) is 64.7 Å². The normalized spacial score (nSPS) is 12.3. The predicted octanol–water partition coefficient (Wildman–Crippen LogP) is 2.47. The number of nitrogens with zero attached hydrogens (tertiary/aromatic N) is 6. The van der Waals surface area contributed by atoms with Crippen LogP contribution in [-0.4, -0.2) is 50.4 Å². The fourth-order valence-corrected chi connectivity index (χ4v) is 3.33. The molecule has 0 aliphatic carbocycles. The van der Waals surface area contributed by atoms with Crippen LogP contribution < -0.4 is 5.56 Å². The summed E-state index contributed by atoms with van der Waals surface area (Å²) in [6, 6.07) is 7.52. The molecule has 0 bridgehead atoms. The van der Waals surface area contributed by atoms with Crippen molar-refractivity contribution in [3.63, 3.8) is 0 Å². The molecule has 0 spiro atoms. The topological polar surface area (TPSA) is 96.4 Å². The predicted molar refractivity (Wildman–Crippen MR) is 111 cm³/mol. The standard InChI is InChI=1S/C20H22N6O3/c1-5-29-13(3)24-26-18-16(20(27)25(10-11-28-4)12(2)21-18)17-19(26)23-15-9-7-6-8-14(15)22-17/h6-9H,5,10-11H2,1-4H3/b24-13-. The molecule has 1 aromatic carbocycles. The maximum atomic E-state index is 13.3. The highest BCUT2D eigenvalue weighted by Gasteiger charge is 2.21. The van der Waals surface area contributed by atoms with Gasteiger partial charge >= 0.3 is 0 Å². The molecule has 0 radical (unpaired) electrons. The van der Waals surface area contributed by atoms with E-state index in [2.05, 4.69) is 10.1 Å². The van der Waals surface area contributed by atoms with E-state index in [1.54, 1.807) is 30.2 Å². The van der Waals surface area contributed by atoms with Gasteiger partial charge in [-0.1, -0.05) is 12.1 Å². The number of para-hydroxylation sites is 2. The number of methoxy groups -OCH3 is 1. The molecule has 0 saturated heterocycles. The summed E-state index contributed by atoms with van der Waals surface area (Å²) in [6.45, 7) is 6.71. The van der Waals surface area contributed by atoms with E-state index >= 15 is 0 Å². The first kappa shape index (κ1) is 19.0. The highest BCUT2D eigenvalue weighted by atomic mass is 16.5. The number of aromatic nitrogens is 5. The molecule has 9 heteroatoms. The Labute approximate surface area is 166 Å². The lowest BCUT2D eigenvalue weighted by Gasteiger charge is -2.09. The zero-order valence-corrected chi connectivity index (χ0v) is 16.8. The van der Waals surface area contributed by atoms with Crippen LogP contribution in [0, 0.1) is 6.92 Å². The van der Waals surface area contributed by atoms with Crippen LogP contribution in [0.25, 0.3) is 33.2 Å². The van der Waals surface area contributed by atoms with Crippen LogP contribution in [0.3, 0.4) is 0 Å². The minimum atomic E-state index is -0.192. The first-order chi connectivity index (χ1) is 14.0. The van der Waals surface area contributed by atoms with Crippen molar-refractivity contribution in [3.05, 3.63) is 40.4 Å². The molecule has 9 nitrogen and oxygen atoms in total. The number of rotatable bonds is 5. The van der Waals surface area contributed by atoms with E-state index < -0.39 is 0 Å². The van der Waals surface area contributed by atoms with Crippen LogP contribution in [0.2, 0.25) is 0 Å². The Morgan fingerprint density at radius 2 is 1.86 bits per heavy atom. The molecule has 0 amide bonds. The van der Waals surface area contributed by atoms with Crippen molar-refractivity contribution < 1.29 is 9.47 Å². The first-order valence-electron chi connectivity index (χ1n) is 9.40. The van der Waals surface area contributed by atoms with Crippen molar-refractivity contribution in [2.75, 3.05) is 20.3 Å². The number of hydrogen-bond donors (Lipinski definition) is 0. The molecule has 0 unspecified atom stereocenters. The molecule has 4 rings (SSSR count). The quantitative estimate of drug-likeness (QED) is 0.381. The Morgan fingerprint density at radius 3 is 2.55 bits per heavy atom. The van der Waals surface area contributed by atoms with Crippen molar-refractivity contribution in [2.24, 2.45) is 5.10 Å². The Kier molecular flexibility index (Phi) is 4.98. The van der Waals surface area contributed by atoms with Gasteiger partial charge < -0.3 is 9.47 Å². The number of benzene rings is 1. The van der Waals surface area contributed by atoms with E-state index in [1.165, 1.54) is 0 Å². The second-order valence-electron chi connectivity index (χ2n) is 6.56. The number of aryl methyl sites for hydroxylation is 1. The fourth-order valence-electron chi connectivity index (χ4n) is 3.33. The Balaban J connectivity index is 2.14. The summed E-state index contributed by atoms with van der Waals surface area (Å²) in [5.41, 5.74) is 2.56. The zero-order chi connectivity index (χ0) is 20.5. The summed E-state index contributed by atoms with van der Waals surface area (Å²) in [4.78, 5) is 27.4. The van der Waals surface area contributed by atoms with Gasteiger partial charge in [0.1, 0.15) is 16.7 Å². The van der Waals surface area contributed by atoms with Crippen molar-refractivity contribution >= 4 is 39.1 Å². The monoisotopic (exact) mass is 394 g/mol. The van der Waals surface area contributed by atoms with E-state index in [9.17, 15) is 4.79 Å². The molecule has 0 aliphatic rings. The Morgan fingerprint density at radius 1 is 1.14 bits per heavy atom. The molecule has 29 heavy (non-hydrogen) atoms. The van der Waals surface area contributed by atoms with Crippen LogP contribution in [0.5, 0.6) is 0 Å². The summed E-state index contributed by atoms with van der Waals surface area (Å²) in [5, 5.41) is 4.90. The van der Waals surface area contributed by atoms with Crippen molar-refractivity contribution in [1.82, 2.24) is 24.2 Å². The largest absolute Gasteiger partial charge is 0.480 e. The van der Waals surface area contributed by atoms with Crippen molar-refractivity contribution in [1.29, 1.82) is 0 Å². The minimum Gasteiger partial charge on any atom is -0.480 e. The van der Waals surface area contributed by atoms with E-state index in [0.717, 1.165) is 0 Å². The van der Waals surface area contributed by atoms with Gasteiger partial charge in [-0.05, 0) is 26.0 Å². The lowest BCUT2D eigenvalue weighted by Crippen LogP contribution is -2.25. The average molecular weight is 394 g/mol. The molecule has 0 aliphatic heterocycles. The molecular formula is C20H22N6O3. The zero-order valence-electron chi connectivity index (χ0n) is 16.8. The molecule has 0 atom stereocenters. The Bertz CT molecular complexity index is 1300. The molecule has 4 aromatic rings. The Hall–Kier alpha value is -3.33. The van der Waals surface area contributed by atoms with E-state index in [4.69, 9.17) is 19.4 Å². The van der Waals surface area contributed by atoms with Gasteiger partial charge in [0.15, 0.2) is 11.3 Å². The van der Waals surface area contributed by atoms with Crippen LogP contribution in [0.1, 0.15) is 19.7 Å². The molecule has 0 saturated carbocycles. The fraction of sp³-hybridized carbons (Fsp3) is 0.350. The number of fused-ring (bicyclic) bond motifs is 4. The summed E-state index contributed by atoms with van der Waals surface area (Å²) < 4.78 is 13.8. The third-order valence-electron chi connectivity index (χ3n) is 4.64. The summed E-state index contributed by atoms with van der Waals surface area (Å²) in [7, 11) is 1.60. The highest BCUT2D eigenvalue weighted by Crippen LogP contribution is 2.25. The number of hydrogen-bond acceptors (Lipinski definition) is 7. The second-order valence-corrected chi connectivity index (χ2v) is 6.56. The highest BCUT2D eigenvalue weighted by molar-refractivity contribution is 6.04. The first-order valence-corrected chi connectivity index (χ1v) is 9.40. The molecule has 0 N–H and O–H groups in total. The van der Waals surface area contributed by atoms with E-state index in [1.807, 2.05) is 31.2 Å². The van der Waals surface area contributed by atoms with E-state index in [-0.39, 0.29) is 5.56 Å². The molecule has 0 fully saturated rings. The smallest absolute Gasteiger partial charge is 0.265 e. The van der Waals surface area contributed by atoms with Crippen molar-refractivity contribution in [3.8, 4) is 0 Å². The molecular weight excluding hydrogens is 372 g/mol. The third-order valence-corrected chi connectivity index (χ3v) is 4.64. The van der Waals surface area contributed by atoms with Gasteiger partial charge in [-0.3, -0.25) is 9.36 Å². The molecule has 150 valence electrons. The second kappa shape index (κ2) is 7.59. The third kappa shape index (κ3) is 3.23. The maximum absolute atomic E-state index is 13.3. The van der Waals surface area contributed by atoms with Crippen LogP contribution >= 0.6 is 0 Å². The van der Waals surface area contributed by atoms with Gasteiger partial charge in [0.25, 0.3) is 5.56 Å². The SMILES string of the molecule is CCO/C(C)=N\n1c2nc3ccccc3nc2c2c(=O)n(CCOC)c(C)nc21. The molecule has 3 aromatic heterocycles. The van der Waals surface area contributed by atoms with Gasteiger partial charge in [0, 0.05) is 14.0 Å². The van der Waals surface area contributed by atoms with Gasteiger partial charge in [-0.25, -0.2) is 15.0 Å². The summed E-state index contributed by atoms with van der Waals surface area (Å²) in [5.74, 6) is 1.02. The average Bonchev–Trinajstić information content (AvgIpc) is 2.99. The molecule has 3 heterocycles. The van der Waals surface area contributed by atoms with Crippen molar-refractivity contribution in [2.45, 2.75) is 27.3 Å². The van der Waals surface area contributed by atoms with Gasteiger partial charge in [-0.15, -0.1) is 5.10 Å². The van der Waals surface area contributed by atoms with Crippen LogP contribution in [0.15, 0.2) is 34.2 Å². The maximum Gasteiger partial charge on any atom is 0.265 e. The van der Waals surface area contributed by atoms with Gasteiger partial charge in [0.2, 0.25) is 5.90 Å². The van der Waals surface area contributed by atoms with Crippen LogP contribution in [0.4, 0.5) is 0 Å². The summed E-state index contributed by atoms with van der Waals surface area (Å²) in [6.07, 6.45) is 0. The summed E-state index contributed by atoms with van der Waals surface area (Å²) >= 11 is 0.